The van der Waals surface area contributed by atoms with Crippen molar-refractivity contribution < 1.29 is 10.2 Å². The minimum absolute atomic E-state index is 0.0428. The number of aliphatic hydroxyl groups excluding tert-OH is 2. The third kappa shape index (κ3) is 1.80. The molecule has 0 atom stereocenters. The van der Waals surface area contributed by atoms with Gasteiger partial charge in [0, 0.05) is 5.41 Å². The van der Waals surface area contributed by atoms with Crippen LogP contribution in [0.25, 0.3) is 0 Å². The van der Waals surface area contributed by atoms with Gasteiger partial charge in [0.2, 0.25) is 0 Å². The number of rotatable bonds is 3. The first-order chi connectivity index (χ1) is 4.06. The van der Waals surface area contributed by atoms with Gasteiger partial charge in [0.15, 0.2) is 0 Å². The summed E-state index contributed by atoms with van der Waals surface area (Å²) in [6.45, 7) is 7.13. The molecule has 0 saturated carbocycles. The molecule has 0 aliphatic rings. The van der Waals surface area contributed by atoms with Gasteiger partial charge < -0.3 is 10.2 Å². The highest BCUT2D eigenvalue weighted by atomic mass is 16.3. The average molecular weight is 130 g/mol. The largest absolute Gasteiger partial charge is 0.395 e. The fourth-order valence-corrected chi connectivity index (χ4v) is 0.320. The lowest BCUT2D eigenvalue weighted by molar-refractivity contribution is 0.0995. The van der Waals surface area contributed by atoms with Crippen LogP contribution in [0.15, 0.2) is 12.2 Å². The fraction of sp³-hybridized carbons (Fsp3) is 0.714. The Labute approximate surface area is 55.8 Å². The lowest BCUT2D eigenvalue weighted by Crippen LogP contribution is -2.26. The number of hydrogen-bond donors (Lipinski definition) is 2. The van der Waals surface area contributed by atoms with E-state index in [1.165, 1.54) is 0 Å². The SMILES string of the molecule is C=C(C)C(C)(CO)CO. The van der Waals surface area contributed by atoms with Crippen molar-refractivity contribution in [3.8, 4) is 0 Å². The van der Waals surface area contributed by atoms with Crippen molar-refractivity contribution in [2.24, 2.45) is 5.41 Å². The molecule has 0 amide bonds. The van der Waals surface area contributed by atoms with Crippen molar-refractivity contribution in [3.05, 3.63) is 12.2 Å². The Hall–Kier alpha value is -0.340. The van der Waals surface area contributed by atoms with Gasteiger partial charge >= 0.3 is 0 Å². The number of aliphatic hydroxyl groups is 2. The van der Waals surface area contributed by atoms with Crippen LogP contribution in [0.5, 0.6) is 0 Å². The van der Waals surface area contributed by atoms with Crippen molar-refractivity contribution in [1.29, 1.82) is 0 Å². The highest BCUT2D eigenvalue weighted by molar-refractivity contribution is 5.04. The van der Waals surface area contributed by atoms with E-state index in [0.29, 0.717) is 0 Å². The molecule has 2 nitrogen and oxygen atoms in total. The Morgan fingerprint density at radius 2 is 1.78 bits per heavy atom. The van der Waals surface area contributed by atoms with Crippen molar-refractivity contribution in [3.63, 3.8) is 0 Å². The molecule has 0 aromatic carbocycles. The van der Waals surface area contributed by atoms with Crippen molar-refractivity contribution >= 4 is 0 Å². The van der Waals surface area contributed by atoms with Crippen molar-refractivity contribution in [2.45, 2.75) is 13.8 Å². The average Bonchev–Trinajstić information content (AvgIpc) is 1.86. The van der Waals surface area contributed by atoms with Crippen LogP contribution in [0.1, 0.15) is 13.8 Å². The Kier molecular flexibility index (Phi) is 2.88. The van der Waals surface area contributed by atoms with E-state index in [0.717, 1.165) is 5.57 Å². The van der Waals surface area contributed by atoms with E-state index < -0.39 is 5.41 Å². The standard InChI is InChI=1S/C7H14O2/c1-6(2)7(3,4-8)5-9/h8-9H,1,4-5H2,2-3H3. The Morgan fingerprint density at radius 3 is 1.78 bits per heavy atom. The first-order valence-corrected chi connectivity index (χ1v) is 2.94. The summed E-state index contributed by atoms with van der Waals surface area (Å²) in [7, 11) is 0. The Morgan fingerprint density at radius 1 is 1.44 bits per heavy atom. The molecular formula is C7H14O2. The molecule has 0 rings (SSSR count). The second kappa shape index (κ2) is 2.99. The maximum Gasteiger partial charge on any atom is 0.0543 e. The summed E-state index contributed by atoms with van der Waals surface area (Å²) in [4.78, 5) is 0. The third-order valence-corrected chi connectivity index (χ3v) is 1.73. The second-order valence-electron chi connectivity index (χ2n) is 2.66. The summed E-state index contributed by atoms with van der Waals surface area (Å²) in [6.07, 6.45) is 0. The van der Waals surface area contributed by atoms with Gasteiger partial charge in [-0.15, -0.1) is 0 Å². The molecule has 0 spiro atoms. The van der Waals surface area contributed by atoms with E-state index in [-0.39, 0.29) is 13.2 Å². The highest BCUT2D eigenvalue weighted by Crippen LogP contribution is 2.22. The molecule has 0 heterocycles. The lowest BCUT2D eigenvalue weighted by atomic mass is 9.86. The van der Waals surface area contributed by atoms with Gasteiger partial charge in [-0.3, -0.25) is 0 Å². The van der Waals surface area contributed by atoms with Crippen LogP contribution in [0, 0.1) is 5.41 Å². The van der Waals surface area contributed by atoms with E-state index in [2.05, 4.69) is 6.58 Å². The maximum absolute atomic E-state index is 8.73. The molecule has 2 N–H and O–H groups in total. The van der Waals surface area contributed by atoms with Crippen molar-refractivity contribution in [2.75, 3.05) is 13.2 Å². The zero-order chi connectivity index (χ0) is 7.49. The van der Waals surface area contributed by atoms with Gasteiger partial charge in [0.05, 0.1) is 13.2 Å². The Bertz CT molecular complexity index is 103. The van der Waals surface area contributed by atoms with E-state index in [9.17, 15) is 0 Å². The lowest BCUT2D eigenvalue weighted by Gasteiger charge is -2.24. The van der Waals surface area contributed by atoms with Crippen LogP contribution in [0.2, 0.25) is 0 Å². The van der Waals surface area contributed by atoms with Crippen LogP contribution in [-0.2, 0) is 0 Å². The molecular weight excluding hydrogens is 116 g/mol. The molecule has 0 fully saturated rings. The van der Waals surface area contributed by atoms with Crippen LogP contribution < -0.4 is 0 Å². The molecule has 0 saturated heterocycles. The summed E-state index contributed by atoms with van der Waals surface area (Å²) in [6, 6.07) is 0. The van der Waals surface area contributed by atoms with Gasteiger partial charge in [0.25, 0.3) is 0 Å². The summed E-state index contributed by atoms with van der Waals surface area (Å²) < 4.78 is 0. The summed E-state index contributed by atoms with van der Waals surface area (Å²) >= 11 is 0. The molecule has 54 valence electrons. The third-order valence-electron chi connectivity index (χ3n) is 1.73. The smallest absolute Gasteiger partial charge is 0.0543 e. The zero-order valence-electron chi connectivity index (χ0n) is 6.02. The summed E-state index contributed by atoms with van der Waals surface area (Å²) in [5, 5.41) is 17.5. The topological polar surface area (TPSA) is 40.5 Å². The van der Waals surface area contributed by atoms with E-state index in [1.807, 2.05) is 0 Å². The molecule has 0 aromatic rings. The monoisotopic (exact) mass is 130 g/mol. The Balaban J connectivity index is 4.09. The normalized spacial score (nSPS) is 11.6. The fourth-order valence-electron chi connectivity index (χ4n) is 0.320. The van der Waals surface area contributed by atoms with E-state index in [1.54, 1.807) is 13.8 Å². The summed E-state index contributed by atoms with van der Waals surface area (Å²) in [5.74, 6) is 0. The van der Waals surface area contributed by atoms with Crippen LogP contribution in [0.4, 0.5) is 0 Å². The van der Waals surface area contributed by atoms with Crippen molar-refractivity contribution in [1.82, 2.24) is 0 Å². The molecule has 0 radical (unpaired) electrons. The van der Waals surface area contributed by atoms with Crippen LogP contribution in [-0.4, -0.2) is 23.4 Å². The highest BCUT2D eigenvalue weighted by Gasteiger charge is 2.22. The van der Waals surface area contributed by atoms with Gasteiger partial charge in [-0.25, -0.2) is 0 Å². The van der Waals surface area contributed by atoms with Gasteiger partial charge in [-0.05, 0) is 6.92 Å². The van der Waals surface area contributed by atoms with E-state index in [4.69, 9.17) is 10.2 Å². The molecule has 0 unspecified atom stereocenters. The predicted molar refractivity (Wildman–Crippen MR) is 37.1 cm³/mol. The predicted octanol–water partition coefficient (Wildman–Crippen LogP) is 0.553. The number of hydrogen-bond acceptors (Lipinski definition) is 2. The molecule has 0 aliphatic heterocycles. The summed E-state index contributed by atoms with van der Waals surface area (Å²) in [5.41, 5.74) is 0.313. The zero-order valence-corrected chi connectivity index (χ0v) is 6.02. The first kappa shape index (κ1) is 8.66. The first-order valence-electron chi connectivity index (χ1n) is 2.94. The minimum atomic E-state index is -0.500. The second-order valence-corrected chi connectivity index (χ2v) is 2.66. The maximum atomic E-state index is 8.73. The quantitative estimate of drug-likeness (QED) is 0.548. The van der Waals surface area contributed by atoms with Crippen LogP contribution in [0.3, 0.4) is 0 Å². The van der Waals surface area contributed by atoms with E-state index >= 15 is 0 Å². The molecule has 0 aliphatic carbocycles. The van der Waals surface area contributed by atoms with Gasteiger partial charge in [-0.1, -0.05) is 19.1 Å². The van der Waals surface area contributed by atoms with Gasteiger partial charge in [-0.2, -0.15) is 0 Å². The molecule has 2 heteroatoms. The minimum Gasteiger partial charge on any atom is -0.395 e. The van der Waals surface area contributed by atoms with Gasteiger partial charge in [0.1, 0.15) is 0 Å². The van der Waals surface area contributed by atoms with Crippen LogP contribution >= 0.6 is 0 Å². The molecule has 9 heavy (non-hydrogen) atoms. The molecule has 0 bridgehead atoms. The molecule has 0 aromatic heterocycles.